The number of halogens is 3. The molecule has 5 atom stereocenters. The number of phenolic OH excluding ortho intramolecular Hbond substituents is 1. The minimum absolute atomic E-state index is 0.00489. The van der Waals surface area contributed by atoms with Gasteiger partial charge in [-0.15, -0.1) is 0 Å². The molecular formula is C37H37F3N2O9. The number of nitrogens with zero attached hydrogens (tertiary/aromatic N) is 2. The summed E-state index contributed by atoms with van der Waals surface area (Å²) in [5, 5.41) is 23.8. The largest absolute Gasteiger partial charge is 0.504 e. The molecule has 4 aliphatic rings. The van der Waals surface area contributed by atoms with E-state index in [0.717, 1.165) is 29.3 Å². The van der Waals surface area contributed by atoms with Crippen LogP contribution in [0.25, 0.3) is 6.08 Å². The first-order valence-electron chi connectivity index (χ1n) is 16.4. The Morgan fingerprint density at radius 2 is 1.80 bits per heavy atom. The first kappa shape index (κ1) is 34.6. The molecule has 0 aromatic heterocycles. The maximum absolute atomic E-state index is 13.3. The van der Waals surface area contributed by atoms with Gasteiger partial charge in [-0.2, -0.15) is 13.2 Å². The third-order valence-corrected chi connectivity index (χ3v) is 10.4. The van der Waals surface area contributed by atoms with Gasteiger partial charge in [0.15, 0.2) is 23.0 Å². The van der Waals surface area contributed by atoms with Gasteiger partial charge in [-0.05, 0) is 68.6 Å². The van der Waals surface area contributed by atoms with Crippen LogP contribution in [0.4, 0.5) is 13.2 Å². The maximum atomic E-state index is 13.3. The molecule has 1 saturated heterocycles. The molecule has 4 heterocycles. The lowest BCUT2D eigenvalue weighted by molar-refractivity contribution is -0.182. The van der Waals surface area contributed by atoms with Crippen LogP contribution in [0.2, 0.25) is 0 Å². The smallest absolute Gasteiger partial charge is 0.416 e. The summed E-state index contributed by atoms with van der Waals surface area (Å²) in [6, 6.07) is 4.17. The molecular weight excluding hydrogens is 673 g/mol. The summed E-state index contributed by atoms with van der Waals surface area (Å²) in [5.74, 6) is -0.0639. The van der Waals surface area contributed by atoms with E-state index in [1.165, 1.54) is 32.2 Å². The molecule has 14 heteroatoms. The number of rotatable bonds is 6. The quantitative estimate of drug-likeness (QED) is 0.201. The number of aliphatic hydroxyl groups is 1. The Bertz CT molecular complexity index is 1960. The zero-order chi connectivity index (χ0) is 36.5. The zero-order valence-electron chi connectivity index (χ0n) is 28.5. The topological polar surface area (TPSA) is 127 Å². The molecule has 2 bridgehead atoms. The van der Waals surface area contributed by atoms with Crippen molar-refractivity contribution in [2.45, 2.75) is 70.2 Å². The predicted molar refractivity (Wildman–Crippen MR) is 176 cm³/mol. The Balaban J connectivity index is 1.33. The molecule has 11 nitrogen and oxygen atoms in total. The number of fused-ring (bicyclic) bond motifs is 9. The first-order valence-corrected chi connectivity index (χ1v) is 16.4. The van der Waals surface area contributed by atoms with Crippen molar-refractivity contribution in [3.05, 3.63) is 80.9 Å². The molecule has 0 aliphatic carbocycles. The predicted octanol–water partition coefficient (Wildman–Crippen LogP) is 5.14. The number of alkyl halides is 3. The number of likely N-dealkylation sites (N-methyl/N-ethyl adjacent to an activating group) is 1. The molecule has 0 spiro atoms. The second-order valence-corrected chi connectivity index (χ2v) is 13.3. The lowest BCUT2D eigenvalue weighted by Gasteiger charge is -2.60. The van der Waals surface area contributed by atoms with Crippen LogP contribution in [0.5, 0.6) is 28.7 Å². The Morgan fingerprint density at radius 1 is 1.06 bits per heavy atom. The summed E-state index contributed by atoms with van der Waals surface area (Å²) in [6.07, 6.45) is -2.73. The van der Waals surface area contributed by atoms with E-state index >= 15 is 0 Å². The van der Waals surface area contributed by atoms with E-state index in [1.807, 2.05) is 29.8 Å². The SMILES string of the molecule is COc1c(C)cc2c(c1O)[C@@H]1C3Cc4c(OC(C)=O)c(C)c5c(c4[C@H](COC(=O)/C=C/c4cccc(C(F)(F)F)c4)N3[C@@H](O)[C@@H](C2)N1C)OCO5. The van der Waals surface area contributed by atoms with Gasteiger partial charge >= 0.3 is 18.1 Å². The lowest BCUT2D eigenvalue weighted by atomic mass is 9.73. The number of carbonyl (C=O) groups is 2. The average Bonchev–Trinajstić information content (AvgIpc) is 3.57. The molecule has 51 heavy (non-hydrogen) atoms. The summed E-state index contributed by atoms with van der Waals surface area (Å²) < 4.78 is 68.7. The number of hydrogen-bond donors (Lipinski definition) is 2. The summed E-state index contributed by atoms with van der Waals surface area (Å²) in [6.45, 7) is 4.45. The highest BCUT2D eigenvalue weighted by molar-refractivity contribution is 5.87. The molecule has 3 aromatic carbocycles. The number of carbonyl (C=O) groups excluding carboxylic acids is 2. The normalized spacial score (nSPS) is 23.7. The first-order chi connectivity index (χ1) is 24.2. The standard InChI is InChI=1S/C37H37F3N2O9/c1-17-11-21-13-25-36(46)42-24(30(41(25)4)28(21)31(45)32(17)47-5)14-23-29(35-34(49-16-50-35)18(2)33(23)51-19(3)43)26(42)15-48-27(44)10-9-20-7-6-8-22(12-20)37(38,39)40/h6-12,24-26,30,36,45-46H,13-16H2,1-5H3/b10-9+/t24?,25-,26+,30+,36+/m1/s1. The summed E-state index contributed by atoms with van der Waals surface area (Å²) >= 11 is 0. The van der Waals surface area contributed by atoms with Crippen LogP contribution in [-0.4, -0.2) is 77.8 Å². The Labute approximate surface area is 291 Å². The van der Waals surface area contributed by atoms with Crippen LogP contribution in [0.3, 0.4) is 0 Å². The van der Waals surface area contributed by atoms with Gasteiger partial charge in [-0.25, -0.2) is 4.79 Å². The number of hydrogen-bond acceptors (Lipinski definition) is 11. The van der Waals surface area contributed by atoms with E-state index in [-0.39, 0.29) is 36.9 Å². The van der Waals surface area contributed by atoms with E-state index < -0.39 is 54.1 Å². The number of aromatic hydroxyl groups is 1. The van der Waals surface area contributed by atoms with Crippen molar-refractivity contribution in [2.75, 3.05) is 27.6 Å². The third kappa shape index (κ3) is 5.75. The van der Waals surface area contributed by atoms with Crippen molar-refractivity contribution in [2.24, 2.45) is 0 Å². The van der Waals surface area contributed by atoms with E-state index in [4.69, 9.17) is 23.7 Å². The molecule has 4 aliphatic heterocycles. The van der Waals surface area contributed by atoms with Crippen LogP contribution in [-0.2, 0) is 33.3 Å². The van der Waals surface area contributed by atoms with Crippen molar-refractivity contribution in [1.29, 1.82) is 0 Å². The number of piperazine rings is 1. The number of aliphatic hydroxyl groups excluding tert-OH is 1. The van der Waals surface area contributed by atoms with Crippen LogP contribution in [0.15, 0.2) is 36.4 Å². The lowest BCUT2D eigenvalue weighted by Crippen LogP contribution is -2.68. The highest BCUT2D eigenvalue weighted by atomic mass is 19.4. The van der Waals surface area contributed by atoms with E-state index in [9.17, 15) is 33.0 Å². The minimum atomic E-state index is -4.55. The number of methoxy groups -OCH3 is 1. The fourth-order valence-electron chi connectivity index (χ4n) is 8.27. The van der Waals surface area contributed by atoms with Crippen LogP contribution < -0.4 is 18.9 Å². The maximum Gasteiger partial charge on any atom is 0.416 e. The van der Waals surface area contributed by atoms with Gasteiger partial charge in [-0.1, -0.05) is 18.2 Å². The monoisotopic (exact) mass is 710 g/mol. The van der Waals surface area contributed by atoms with Gasteiger partial charge in [0.25, 0.3) is 0 Å². The Kier molecular flexibility index (Phi) is 8.67. The molecule has 0 saturated carbocycles. The molecule has 7 rings (SSSR count). The summed E-state index contributed by atoms with van der Waals surface area (Å²) in [4.78, 5) is 29.5. The van der Waals surface area contributed by atoms with Crippen LogP contribution in [0, 0.1) is 13.8 Å². The average molecular weight is 711 g/mol. The number of aryl methyl sites for hydroxylation is 1. The van der Waals surface area contributed by atoms with Crippen molar-refractivity contribution in [3.63, 3.8) is 0 Å². The van der Waals surface area contributed by atoms with Crippen LogP contribution >= 0.6 is 0 Å². The highest BCUT2D eigenvalue weighted by Gasteiger charge is 2.56. The van der Waals surface area contributed by atoms with Gasteiger partial charge in [0.1, 0.15) is 18.6 Å². The van der Waals surface area contributed by atoms with Crippen molar-refractivity contribution in [3.8, 4) is 28.7 Å². The van der Waals surface area contributed by atoms with Crippen molar-refractivity contribution in [1.82, 2.24) is 9.80 Å². The fourth-order valence-corrected chi connectivity index (χ4v) is 8.27. The van der Waals surface area contributed by atoms with E-state index in [2.05, 4.69) is 0 Å². The molecule has 0 amide bonds. The second-order valence-electron chi connectivity index (χ2n) is 13.3. The molecule has 270 valence electrons. The van der Waals surface area contributed by atoms with E-state index in [0.29, 0.717) is 45.9 Å². The number of ether oxygens (including phenoxy) is 5. The van der Waals surface area contributed by atoms with Gasteiger partial charge in [0.05, 0.1) is 30.8 Å². The Hall–Kier alpha value is -4.79. The van der Waals surface area contributed by atoms with Gasteiger partial charge in [0.2, 0.25) is 6.79 Å². The van der Waals surface area contributed by atoms with Gasteiger partial charge in [-0.3, -0.25) is 14.6 Å². The molecule has 3 aromatic rings. The number of benzene rings is 3. The summed E-state index contributed by atoms with van der Waals surface area (Å²) in [5.41, 5.74) is 3.22. The minimum Gasteiger partial charge on any atom is -0.504 e. The molecule has 1 unspecified atom stereocenters. The van der Waals surface area contributed by atoms with Crippen molar-refractivity contribution < 1.29 is 56.7 Å². The second kappa shape index (κ2) is 12.8. The molecule has 2 N–H and O–H groups in total. The van der Waals surface area contributed by atoms with Gasteiger partial charge in [0, 0.05) is 41.3 Å². The van der Waals surface area contributed by atoms with Gasteiger partial charge < -0.3 is 33.9 Å². The summed E-state index contributed by atoms with van der Waals surface area (Å²) in [7, 11) is 3.37. The van der Waals surface area contributed by atoms with E-state index in [1.54, 1.807) is 6.92 Å². The van der Waals surface area contributed by atoms with Crippen molar-refractivity contribution >= 4 is 18.0 Å². The third-order valence-electron chi connectivity index (χ3n) is 10.4. The number of esters is 2. The highest BCUT2D eigenvalue weighted by Crippen LogP contribution is 2.58. The number of phenols is 1. The molecule has 1 fully saturated rings. The Morgan fingerprint density at radius 3 is 2.51 bits per heavy atom. The zero-order valence-corrected chi connectivity index (χ0v) is 28.5. The molecule has 0 radical (unpaired) electrons. The van der Waals surface area contributed by atoms with Crippen LogP contribution in [0.1, 0.15) is 63.5 Å². The fraction of sp³-hybridized carbons (Fsp3) is 0.405.